The largest absolute Gasteiger partial charge is 0.461 e. The highest BCUT2D eigenvalue weighted by molar-refractivity contribution is 9.08. The zero-order valence-electron chi connectivity index (χ0n) is 9.41. The zero-order valence-corrected chi connectivity index (χ0v) is 11.0. The molecule has 1 rings (SSSR count). The Kier molecular flexibility index (Phi) is 5.16. The number of pyridine rings is 1. The lowest BCUT2D eigenvalue weighted by Gasteiger charge is -2.11. The van der Waals surface area contributed by atoms with Crippen LogP contribution in [0.3, 0.4) is 0 Å². The first kappa shape index (κ1) is 14.5. The van der Waals surface area contributed by atoms with Crippen LogP contribution in [-0.2, 0) is 10.1 Å². The van der Waals surface area contributed by atoms with E-state index in [1.165, 1.54) is 6.07 Å². The van der Waals surface area contributed by atoms with Gasteiger partial charge in [-0.3, -0.25) is 0 Å². The van der Waals surface area contributed by atoms with Crippen molar-refractivity contribution in [2.24, 2.45) is 0 Å². The average molecular weight is 319 g/mol. The predicted molar refractivity (Wildman–Crippen MR) is 62.5 cm³/mol. The summed E-state index contributed by atoms with van der Waals surface area (Å²) in [6.07, 6.45) is -2.86. The number of esters is 1. The van der Waals surface area contributed by atoms with Crippen LogP contribution in [0.25, 0.3) is 0 Å². The number of ether oxygens (including phenoxy) is 1. The number of nitriles is 1. The van der Waals surface area contributed by atoms with Crippen LogP contribution < -0.4 is 0 Å². The van der Waals surface area contributed by atoms with Gasteiger partial charge in [0.1, 0.15) is 11.8 Å². The highest BCUT2D eigenvalue weighted by atomic mass is 79.9. The quantitative estimate of drug-likeness (QED) is 0.632. The molecule has 0 aromatic carbocycles. The van der Waals surface area contributed by atoms with E-state index in [0.717, 1.165) is 0 Å². The molecule has 0 atom stereocenters. The molecule has 4 nitrogen and oxygen atoms in total. The molecule has 0 fully saturated rings. The molecule has 7 heteroatoms. The lowest BCUT2D eigenvalue weighted by molar-refractivity contribution is 0.0507. The summed E-state index contributed by atoms with van der Waals surface area (Å²) in [5, 5.41) is 8.85. The van der Waals surface area contributed by atoms with Gasteiger partial charge in [-0.15, -0.1) is 0 Å². The van der Waals surface area contributed by atoms with Crippen molar-refractivity contribution in [1.29, 1.82) is 5.26 Å². The summed E-state index contributed by atoms with van der Waals surface area (Å²) in [5.41, 5.74) is -0.943. The van der Waals surface area contributed by atoms with Crippen LogP contribution in [0.15, 0.2) is 6.07 Å². The summed E-state index contributed by atoms with van der Waals surface area (Å²) < 4.78 is 30.6. The van der Waals surface area contributed by atoms with Gasteiger partial charge in [-0.25, -0.2) is 18.6 Å². The molecule has 0 radical (unpaired) electrons. The first-order valence-corrected chi connectivity index (χ1v) is 6.12. The molecule has 1 aromatic heterocycles. The van der Waals surface area contributed by atoms with Crippen LogP contribution in [-0.4, -0.2) is 17.6 Å². The fourth-order valence-electron chi connectivity index (χ4n) is 1.37. The van der Waals surface area contributed by atoms with Crippen molar-refractivity contribution in [2.45, 2.75) is 18.7 Å². The SMILES string of the molecule is CCOC(=O)c1nc(C#N)cc(CBr)c1C(F)F. The van der Waals surface area contributed by atoms with Gasteiger partial charge in [0, 0.05) is 5.33 Å². The van der Waals surface area contributed by atoms with Gasteiger partial charge in [-0.05, 0) is 18.6 Å². The van der Waals surface area contributed by atoms with Crippen molar-refractivity contribution < 1.29 is 18.3 Å². The lowest BCUT2D eigenvalue weighted by Crippen LogP contribution is -2.14. The lowest BCUT2D eigenvalue weighted by atomic mass is 10.1. The maximum absolute atomic E-state index is 13.0. The molecule has 0 saturated heterocycles. The van der Waals surface area contributed by atoms with Crippen LogP contribution in [0.1, 0.15) is 40.7 Å². The number of carbonyl (C=O) groups excluding carboxylic acids is 1. The molecule has 0 bridgehead atoms. The van der Waals surface area contributed by atoms with Crippen LogP contribution in [0.2, 0.25) is 0 Å². The second kappa shape index (κ2) is 6.40. The standard InChI is InChI=1S/C11H9BrF2N2O2/c1-2-18-11(17)9-8(10(13)14)6(4-12)3-7(5-15)16-9/h3,10H,2,4H2,1H3. The van der Waals surface area contributed by atoms with E-state index in [1.54, 1.807) is 13.0 Å². The molecule has 18 heavy (non-hydrogen) atoms. The minimum Gasteiger partial charge on any atom is -0.461 e. The highest BCUT2D eigenvalue weighted by Gasteiger charge is 2.25. The number of nitrogens with zero attached hydrogens (tertiary/aromatic N) is 2. The molecule has 96 valence electrons. The van der Waals surface area contributed by atoms with Crippen LogP contribution in [0.4, 0.5) is 8.78 Å². The average Bonchev–Trinajstić information content (AvgIpc) is 2.36. The predicted octanol–water partition coefficient (Wildman–Crippen LogP) is 2.96. The minimum atomic E-state index is -2.86. The third-order valence-electron chi connectivity index (χ3n) is 2.09. The van der Waals surface area contributed by atoms with E-state index in [4.69, 9.17) is 5.26 Å². The normalized spacial score (nSPS) is 10.2. The topological polar surface area (TPSA) is 63.0 Å². The van der Waals surface area contributed by atoms with Crippen molar-refractivity contribution in [3.05, 3.63) is 28.6 Å². The molecule has 0 spiro atoms. The van der Waals surface area contributed by atoms with Crippen LogP contribution in [0.5, 0.6) is 0 Å². The molecule has 1 aromatic rings. The fourth-order valence-corrected chi connectivity index (χ4v) is 1.84. The van der Waals surface area contributed by atoms with Crippen molar-refractivity contribution in [1.82, 2.24) is 4.98 Å². The van der Waals surface area contributed by atoms with Gasteiger partial charge in [-0.2, -0.15) is 5.26 Å². The van der Waals surface area contributed by atoms with Crippen molar-refractivity contribution in [2.75, 3.05) is 6.61 Å². The third kappa shape index (κ3) is 3.01. The molecule has 0 unspecified atom stereocenters. The molecule has 0 aliphatic rings. The number of rotatable bonds is 4. The van der Waals surface area contributed by atoms with Gasteiger partial charge < -0.3 is 4.74 Å². The van der Waals surface area contributed by atoms with Gasteiger partial charge in [0.25, 0.3) is 6.43 Å². The van der Waals surface area contributed by atoms with Gasteiger partial charge in [0.05, 0.1) is 12.2 Å². The maximum atomic E-state index is 13.0. The number of alkyl halides is 3. The molecular weight excluding hydrogens is 310 g/mol. The molecule has 0 aliphatic carbocycles. The fraction of sp³-hybridized carbons (Fsp3) is 0.364. The number of hydrogen-bond donors (Lipinski definition) is 0. The zero-order chi connectivity index (χ0) is 13.7. The van der Waals surface area contributed by atoms with E-state index in [0.29, 0.717) is 0 Å². The van der Waals surface area contributed by atoms with Crippen molar-refractivity contribution in [3.63, 3.8) is 0 Å². The number of halogens is 3. The third-order valence-corrected chi connectivity index (χ3v) is 2.69. The summed E-state index contributed by atoms with van der Waals surface area (Å²) in [4.78, 5) is 15.2. The van der Waals surface area contributed by atoms with E-state index in [1.807, 2.05) is 0 Å². The molecule has 0 amide bonds. The maximum Gasteiger partial charge on any atom is 0.357 e. The van der Waals surface area contributed by atoms with E-state index in [2.05, 4.69) is 25.7 Å². The molecule has 0 aliphatic heterocycles. The minimum absolute atomic E-state index is 0.0453. The Bertz CT molecular complexity index is 501. The number of carbonyl (C=O) groups is 1. The van der Waals surface area contributed by atoms with E-state index >= 15 is 0 Å². The Balaban J connectivity index is 3.45. The Hall–Kier alpha value is -1.55. The highest BCUT2D eigenvalue weighted by Crippen LogP contribution is 2.28. The Morgan fingerprint density at radius 2 is 2.33 bits per heavy atom. The smallest absolute Gasteiger partial charge is 0.357 e. The molecule has 0 saturated carbocycles. The Labute approximate surface area is 111 Å². The first-order chi connectivity index (χ1) is 8.54. The molecule has 1 heterocycles. The van der Waals surface area contributed by atoms with E-state index in [9.17, 15) is 13.6 Å². The van der Waals surface area contributed by atoms with Crippen molar-refractivity contribution in [3.8, 4) is 6.07 Å². The summed E-state index contributed by atoms with van der Waals surface area (Å²) >= 11 is 3.04. The second-order valence-corrected chi connectivity index (χ2v) is 3.76. The summed E-state index contributed by atoms with van der Waals surface area (Å²) in [6, 6.07) is 2.94. The van der Waals surface area contributed by atoms with Gasteiger partial charge in [0.2, 0.25) is 0 Å². The van der Waals surface area contributed by atoms with Gasteiger partial charge in [-0.1, -0.05) is 15.9 Å². The van der Waals surface area contributed by atoms with E-state index < -0.39 is 23.7 Å². The summed E-state index contributed by atoms with van der Waals surface area (Å²) in [5.74, 6) is -0.952. The summed E-state index contributed by atoms with van der Waals surface area (Å²) in [6.45, 7) is 1.60. The second-order valence-electron chi connectivity index (χ2n) is 3.20. The molecule has 0 N–H and O–H groups in total. The number of aromatic nitrogens is 1. The number of hydrogen-bond acceptors (Lipinski definition) is 4. The van der Waals surface area contributed by atoms with Gasteiger partial charge in [0.15, 0.2) is 5.69 Å². The first-order valence-electron chi connectivity index (χ1n) is 5.00. The van der Waals surface area contributed by atoms with Crippen LogP contribution in [0, 0.1) is 11.3 Å². The van der Waals surface area contributed by atoms with E-state index in [-0.39, 0.29) is 23.2 Å². The monoisotopic (exact) mass is 318 g/mol. The Morgan fingerprint density at radius 3 is 2.78 bits per heavy atom. The Morgan fingerprint density at radius 1 is 1.67 bits per heavy atom. The van der Waals surface area contributed by atoms with Gasteiger partial charge >= 0.3 is 5.97 Å². The van der Waals surface area contributed by atoms with Crippen LogP contribution >= 0.6 is 15.9 Å². The summed E-state index contributed by atoms with van der Waals surface area (Å²) in [7, 11) is 0. The molecular formula is C11H9BrF2N2O2. The van der Waals surface area contributed by atoms with Crippen molar-refractivity contribution >= 4 is 21.9 Å².